The van der Waals surface area contributed by atoms with Crippen LogP contribution in [0.25, 0.3) is 11.3 Å². The number of halogens is 1. The number of benzene rings is 1. The van der Waals surface area contributed by atoms with E-state index >= 15 is 0 Å². The van der Waals surface area contributed by atoms with Crippen molar-refractivity contribution in [2.24, 2.45) is 0 Å². The summed E-state index contributed by atoms with van der Waals surface area (Å²) in [6.07, 6.45) is 5.19. The topological polar surface area (TPSA) is 12.9 Å². The lowest BCUT2D eigenvalue weighted by atomic mass is 9.90. The van der Waals surface area contributed by atoms with Gasteiger partial charge in [-0.15, -0.1) is 11.3 Å². The Morgan fingerprint density at radius 2 is 1.88 bits per heavy atom. The summed E-state index contributed by atoms with van der Waals surface area (Å²) in [6.45, 7) is 2.06. The molecular formula is C14H15BrNS-. The second-order valence-electron chi connectivity index (χ2n) is 4.44. The van der Waals surface area contributed by atoms with Crippen LogP contribution < -0.4 is 17.0 Å². The Bertz CT molecular complexity index is 519. The summed E-state index contributed by atoms with van der Waals surface area (Å²) in [4.78, 5) is 4.55. The minimum Gasteiger partial charge on any atom is -1.00 e. The van der Waals surface area contributed by atoms with E-state index in [1.54, 1.807) is 16.9 Å². The Kier molecular flexibility index (Phi) is 4.00. The first kappa shape index (κ1) is 12.8. The normalized spacial score (nSPS) is 13.9. The number of aromatic nitrogens is 1. The van der Waals surface area contributed by atoms with Crippen LogP contribution in [0.5, 0.6) is 0 Å². The van der Waals surface area contributed by atoms with Gasteiger partial charge in [0.25, 0.3) is 0 Å². The smallest absolute Gasteiger partial charge is 0.0901 e. The standard InChI is InChI=1S/C14H15NS.BrH/c1-10-15-14(9-16-10)13-7-6-11-4-2-3-5-12(11)8-13;/h6-9H,2-5H2,1H3;1H/p-1. The van der Waals surface area contributed by atoms with Crippen LogP contribution in [-0.4, -0.2) is 4.98 Å². The van der Waals surface area contributed by atoms with Crippen molar-refractivity contribution in [2.75, 3.05) is 0 Å². The van der Waals surface area contributed by atoms with Gasteiger partial charge in [-0.3, -0.25) is 0 Å². The molecule has 0 saturated carbocycles. The fraction of sp³-hybridized carbons (Fsp3) is 0.357. The molecule has 1 aliphatic rings. The average Bonchev–Trinajstić information content (AvgIpc) is 2.75. The second kappa shape index (κ2) is 5.32. The molecule has 0 unspecified atom stereocenters. The van der Waals surface area contributed by atoms with Gasteiger partial charge in [0.1, 0.15) is 0 Å². The zero-order valence-corrected chi connectivity index (χ0v) is 12.3. The molecule has 90 valence electrons. The van der Waals surface area contributed by atoms with E-state index in [-0.39, 0.29) is 17.0 Å². The highest BCUT2D eigenvalue weighted by Crippen LogP contribution is 2.27. The molecule has 2 aromatic rings. The Morgan fingerprint density at radius 3 is 2.59 bits per heavy atom. The average molecular weight is 309 g/mol. The Balaban J connectivity index is 0.00000108. The predicted octanol–water partition coefficient (Wildman–Crippen LogP) is 1.00. The Hall–Kier alpha value is -0.670. The molecule has 1 aromatic carbocycles. The summed E-state index contributed by atoms with van der Waals surface area (Å²) in [5.41, 5.74) is 5.50. The highest BCUT2D eigenvalue weighted by molar-refractivity contribution is 7.09. The molecule has 0 atom stereocenters. The molecule has 0 fully saturated rings. The van der Waals surface area contributed by atoms with Crippen molar-refractivity contribution in [3.05, 3.63) is 39.7 Å². The highest BCUT2D eigenvalue weighted by Gasteiger charge is 2.10. The molecule has 0 bridgehead atoms. The van der Waals surface area contributed by atoms with Crippen LogP contribution in [0.1, 0.15) is 29.0 Å². The van der Waals surface area contributed by atoms with Crippen LogP contribution in [0.2, 0.25) is 0 Å². The van der Waals surface area contributed by atoms with E-state index in [2.05, 4.69) is 35.5 Å². The lowest BCUT2D eigenvalue weighted by molar-refractivity contribution is -0.00000329. The maximum Gasteiger partial charge on any atom is 0.0901 e. The first-order chi connectivity index (χ1) is 7.83. The van der Waals surface area contributed by atoms with E-state index in [4.69, 9.17) is 0 Å². The van der Waals surface area contributed by atoms with Crippen LogP contribution in [0.3, 0.4) is 0 Å². The fourth-order valence-corrected chi connectivity index (χ4v) is 3.01. The van der Waals surface area contributed by atoms with Crippen molar-refractivity contribution in [3.8, 4) is 11.3 Å². The van der Waals surface area contributed by atoms with Gasteiger partial charge in [0.05, 0.1) is 10.7 Å². The summed E-state index contributed by atoms with van der Waals surface area (Å²) in [7, 11) is 0. The molecule has 0 amide bonds. The van der Waals surface area contributed by atoms with E-state index in [0.29, 0.717) is 0 Å². The molecule has 3 heteroatoms. The fourth-order valence-electron chi connectivity index (χ4n) is 2.39. The van der Waals surface area contributed by atoms with Crippen LogP contribution in [0.15, 0.2) is 23.6 Å². The number of rotatable bonds is 1. The van der Waals surface area contributed by atoms with Crippen molar-refractivity contribution in [2.45, 2.75) is 32.6 Å². The molecule has 0 spiro atoms. The van der Waals surface area contributed by atoms with E-state index in [0.717, 1.165) is 10.7 Å². The van der Waals surface area contributed by atoms with Gasteiger partial charge in [0.15, 0.2) is 0 Å². The van der Waals surface area contributed by atoms with Crippen molar-refractivity contribution in [3.63, 3.8) is 0 Å². The maximum absolute atomic E-state index is 4.55. The van der Waals surface area contributed by atoms with Crippen molar-refractivity contribution in [1.29, 1.82) is 0 Å². The summed E-state index contributed by atoms with van der Waals surface area (Å²) in [5, 5.41) is 3.30. The third kappa shape index (κ3) is 2.61. The minimum absolute atomic E-state index is 0. The van der Waals surface area contributed by atoms with Gasteiger partial charge in [-0.05, 0) is 49.8 Å². The SMILES string of the molecule is Cc1nc(-c2ccc3c(c2)CCCC3)cs1.[Br-]. The summed E-state index contributed by atoms with van der Waals surface area (Å²) in [6, 6.07) is 6.85. The molecule has 0 N–H and O–H groups in total. The molecule has 0 saturated heterocycles. The lowest BCUT2D eigenvalue weighted by Gasteiger charge is -2.15. The van der Waals surface area contributed by atoms with Crippen molar-refractivity contribution < 1.29 is 17.0 Å². The highest BCUT2D eigenvalue weighted by atomic mass is 79.9. The van der Waals surface area contributed by atoms with Gasteiger partial charge >= 0.3 is 0 Å². The molecule has 3 rings (SSSR count). The van der Waals surface area contributed by atoms with E-state index in [1.165, 1.54) is 36.8 Å². The van der Waals surface area contributed by atoms with Crippen LogP contribution in [-0.2, 0) is 12.8 Å². The summed E-state index contributed by atoms with van der Waals surface area (Å²) in [5.74, 6) is 0. The van der Waals surface area contributed by atoms with Gasteiger partial charge in [-0.1, -0.05) is 12.1 Å². The van der Waals surface area contributed by atoms with Gasteiger partial charge in [-0.2, -0.15) is 0 Å². The Labute approximate surface area is 117 Å². The lowest BCUT2D eigenvalue weighted by Crippen LogP contribution is -3.00. The first-order valence-electron chi connectivity index (χ1n) is 5.87. The van der Waals surface area contributed by atoms with Gasteiger partial charge in [0, 0.05) is 10.9 Å². The zero-order valence-electron chi connectivity index (χ0n) is 9.87. The molecule has 1 aliphatic carbocycles. The molecule has 0 radical (unpaired) electrons. The molecule has 17 heavy (non-hydrogen) atoms. The maximum atomic E-state index is 4.55. The number of hydrogen-bond acceptors (Lipinski definition) is 2. The number of hydrogen-bond donors (Lipinski definition) is 0. The molecular weight excluding hydrogens is 294 g/mol. The van der Waals surface area contributed by atoms with Crippen molar-refractivity contribution >= 4 is 11.3 Å². The third-order valence-electron chi connectivity index (χ3n) is 3.26. The largest absolute Gasteiger partial charge is 1.00 e. The monoisotopic (exact) mass is 308 g/mol. The Morgan fingerprint density at radius 1 is 1.12 bits per heavy atom. The summed E-state index contributed by atoms with van der Waals surface area (Å²) < 4.78 is 0. The first-order valence-corrected chi connectivity index (χ1v) is 6.75. The second-order valence-corrected chi connectivity index (χ2v) is 5.50. The van der Waals surface area contributed by atoms with Gasteiger partial charge in [-0.25, -0.2) is 4.98 Å². The molecule has 1 aromatic heterocycles. The number of nitrogens with zero attached hydrogens (tertiary/aromatic N) is 1. The molecule has 1 heterocycles. The van der Waals surface area contributed by atoms with Gasteiger partial charge < -0.3 is 17.0 Å². The van der Waals surface area contributed by atoms with E-state index < -0.39 is 0 Å². The van der Waals surface area contributed by atoms with Crippen LogP contribution in [0, 0.1) is 6.92 Å². The number of fused-ring (bicyclic) bond motifs is 1. The number of thiazole rings is 1. The van der Waals surface area contributed by atoms with Crippen LogP contribution in [0.4, 0.5) is 0 Å². The molecule has 1 nitrogen and oxygen atoms in total. The van der Waals surface area contributed by atoms with Gasteiger partial charge in [0.2, 0.25) is 0 Å². The van der Waals surface area contributed by atoms with Crippen LogP contribution >= 0.6 is 11.3 Å². The van der Waals surface area contributed by atoms with E-state index in [9.17, 15) is 0 Å². The molecule has 0 aliphatic heterocycles. The quantitative estimate of drug-likeness (QED) is 0.766. The summed E-state index contributed by atoms with van der Waals surface area (Å²) >= 11 is 1.73. The predicted molar refractivity (Wildman–Crippen MR) is 68.9 cm³/mol. The minimum atomic E-state index is 0. The number of aryl methyl sites for hydroxylation is 3. The van der Waals surface area contributed by atoms with Crippen molar-refractivity contribution in [1.82, 2.24) is 4.98 Å². The zero-order chi connectivity index (χ0) is 11.0. The third-order valence-corrected chi connectivity index (χ3v) is 4.04. The van der Waals surface area contributed by atoms with E-state index in [1.807, 2.05) is 0 Å².